The molecule has 2 unspecified atom stereocenters. The number of ether oxygens (including phenoxy) is 1. The van der Waals surface area contributed by atoms with E-state index < -0.39 is 18.0 Å². The number of hydrogen-bond acceptors (Lipinski definition) is 4. The van der Waals surface area contributed by atoms with E-state index in [1.165, 1.54) is 6.92 Å². The van der Waals surface area contributed by atoms with Crippen molar-refractivity contribution in [3.05, 3.63) is 0 Å². The fourth-order valence-electron chi connectivity index (χ4n) is 1.22. The molecule has 6 nitrogen and oxygen atoms in total. The second kappa shape index (κ2) is 7.24. The van der Waals surface area contributed by atoms with Crippen molar-refractivity contribution in [1.29, 1.82) is 0 Å². The SMILES string of the molecule is COC(C)CCC(=O)NCC(C)(O)CC(=O)O. The highest BCUT2D eigenvalue weighted by Crippen LogP contribution is 2.07. The predicted octanol–water partition coefficient (Wildman–Crippen LogP) is 0.143. The highest BCUT2D eigenvalue weighted by molar-refractivity contribution is 5.76. The van der Waals surface area contributed by atoms with E-state index in [4.69, 9.17) is 9.84 Å². The molecule has 0 saturated heterocycles. The number of carboxylic acid groups (broad SMARTS) is 1. The third kappa shape index (κ3) is 8.65. The van der Waals surface area contributed by atoms with Gasteiger partial charge in [0.2, 0.25) is 5.91 Å². The first-order valence-corrected chi connectivity index (χ1v) is 5.50. The molecule has 0 fully saturated rings. The minimum absolute atomic E-state index is 0.000259. The lowest BCUT2D eigenvalue weighted by Gasteiger charge is -2.21. The van der Waals surface area contributed by atoms with Crippen molar-refractivity contribution < 1.29 is 24.5 Å². The summed E-state index contributed by atoms with van der Waals surface area (Å²) in [5.41, 5.74) is -1.42. The number of amides is 1. The average Bonchev–Trinajstić information content (AvgIpc) is 2.21. The minimum Gasteiger partial charge on any atom is -0.481 e. The van der Waals surface area contributed by atoms with Gasteiger partial charge in [-0.2, -0.15) is 0 Å². The van der Waals surface area contributed by atoms with Crippen molar-refractivity contribution in [2.45, 2.75) is 44.8 Å². The molecule has 0 rings (SSSR count). The van der Waals surface area contributed by atoms with Gasteiger partial charge in [0.05, 0.1) is 18.1 Å². The van der Waals surface area contributed by atoms with Crippen LogP contribution in [-0.4, -0.2) is 47.4 Å². The Morgan fingerprint density at radius 3 is 2.53 bits per heavy atom. The summed E-state index contributed by atoms with van der Waals surface area (Å²) in [6.07, 6.45) is 0.476. The van der Waals surface area contributed by atoms with Crippen molar-refractivity contribution in [2.75, 3.05) is 13.7 Å². The number of carboxylic acids is 1. The van der Waals surface area contributed by atoms with Gasteiger partial charge in [0.25, 0.3) is 0 Å². The van der Waals surface area contributed by atoms with Gasteiger partial charge in [-0.05, 0) is 20.3 Å². The van der Waals surface area contributed by atoms with E-state index >= 15 is 0 Å². The number of nitrogens with one attached hydrogen (secondary N) is 1. The van der Waals surface area contributed by atoms with Gasteiger partial charge in [0.1, 0.15) is 0 Å². The summed E-state index contributed by atoms with van der Waals surface area (Å²) in [4.78, 5) is 21.8. The Labute approximate surface area is 101 Å². The summed E-state index contributed by atoms with van der Waals surface area (Å²) in [5, 5.41) is 20.7. The molecule has 1 amide bonds. The summed E-state index contributed by atoms with van der Waals surface area (Å²) in [6, 6.07) is 0. The van der Waals surface area contributed by atoms with E-state index in [0.29, 0.717) is 6.42 Å². The normalized spacial score (nSPS) is 16.0. The number of hydrogen-bond donors (Lipinski definition) is 3. The van der Waals surface area contributed by atoms with Gasteiger partial charge in [0, 0.05) is 20.1 Å². The van der Waals surface area contributed by atoms with Crippen LogP contribution < -0.4 is 5.32 Å². The second-order valence-corrected chi connectivity index (χ2v) is 4.43. The summed E-state index contributed by atoms with van der Waals surface area (Å²) >= 11 is 0. The minimum atomic E-state index is -1.42. The van der Waals surface area contributed by atoms with Crippen LogP contribution in [-0.2, 0) is 14.3 Å². The number of carbonyl (C=O) groups is 2. The maximum absolute atomic E-state index is 11.4. The third-order valence-electron chi connectivity index (χ3n) is 2.38. The highest BCUT2D eigenvalue weighted by Gasteiger charge is 2.24. The molecule has 0 saturated carbocycles. The smallest absolute Gasteiger partial charge is 0.306 e. The Morgan fingerprint density at radius 1 is 1.47 bits per heavy atom. The van der Waals surface area contributed by atoms with Gasteiger partial charge in [-0.1, -0.05) is 0 Å². The molecule has 3 N–H and O–H groups in total. The van der Waals surface area contributed by atoms with Crippen molar-refractivity contribution >= 4 is 11.9 Å². The first kappa shape index (κ1) is 15.9. The van der Waals surface area contributed by atoms with Crippen LogP contribution in [0, 0.1) is 0 Å². The molecular formula is C11H21NO5. The quantitative estimate of drug-likeness (QED) is 0.567. The van der Waals surface area contributed by atoms with Crippen molar-refractivity contribution in [1.82, 2.24) is 5.32 Å². The third-order valence-corrected chi connectivity index (χ3v) is 2.38. The Morgan fingerprint density at radius 2 is 2.06 bits per heavy atom. The zero-order valence-corrected chi connectivity index (χ0v) is 10.5. The maximum Gasteiger partial charge on any atom is 0.306 e. The number of aliphatic carboxylic acids is 1. The molecule has 0 spiro atoms. The van der Waals surface area contributed by atoms with Crippen molar-refractivity contribution in [2.24, 2.45) is 0 Å². The lowest BCUT2D eigenvalue weighted by molar-refractivity contribution is -0.142. The Hall–Kier alpha value is -1.14. The fraction of sp³-hybridized carbons (Fsp3) is 0.818. The van der Waals surface area contributed by atoms with E-state index in [1.54, 1.807) is 7.11 Å². The number of methoxy groups -OCH3 is 1. The van der Waals surface area contributed by atoms with E-state index in [-0.39, 0.29) is 25.0 Å². The number of rotatable bonds is 8. The van der Waals surface area contributed by atoms with Crippen LogP contribution in [0.25, 0.3) is 0 Å². The van der Waals surface area contributed by atoms with Crippen LogP contribution in [0.15, 0.2) is 0 Å². The van der Waals surface area contributed by atoms with E-state index in [1.807, 2.05) is 6.92 Å². The van der Waals surface area contributed by atoms with Gasteiger partial charge in [0.15, 0.2) is 0 Å². The average molecular weight is 247 g/mol. The molecule has 17 heavy (non-hydrogen) atoms. The molecular weight excluding hydrogens is 226 g/mol. The van der Waals surface area contributed by atoms with Crippen LogP contribution >= 0.6 is 0 Å². The largest absolute Gasteiger partial charge is 0.481 e. The Bertz CT molecular complexity index is 265. The number of carbonyl (C=O) groups excluding carboxylic acids is 1. The summed E-state index contributed by atoms with van der Waals surface area (Å²) < 4.78 is 4.99. The fourth-order valence-corrected chi connectivity index (χ4v) is 1.22. The zero-order valence-electron chi connectivity index (χ0n) is 10.5. The molecule has 2 atom stereocenters. The molecule has 0 aromatic carbocycles. The van der Waals surface area contributed by atoms with Gasteiger partial charge < -0.3 is 20.3 Å². The maximum atomic E-state index is 11.4. The van der Waals surface area contributed by atoms with Crippen molar-refractivity contribution in [3.63, 3.8) is 0 Å². The molecule has 0 aliphatic rings. The molecule has 0 aliphatic heterocycles. The lowest BCUT2D eigenvalue weighted by Crippen LogP contribution is -2.42. The van der Waals surface area contributed by atoms with Crippen molar-refractivity contribution in [3.8, 4) is 0 Å². The molecule has 0 aliphatic carbocycles. The molecule has 100 valence electrons. The first-order chi connectivity index (χ1) is 7.76. The molecule has 0 aromatic heterocycles. The summed E-state index contributed by atoms with van der Waals surface area (Å²) in [5.74, 6) is -1.32. The topological polar surface area (TPSA) is 95.9 Å². The molecule has 0 heterocycles. The van der Waals surface area contributed by atoms with Gasteiger partial charge in [-0.25, -0.2) is 0 Å². The second-order valence-electron chi connectivity index (χ2n) is 4.43. The standard InChI is InChI=1S/C11H21NO5/c1-8(17-3)4-5-9(13)12-7-11(2,16)6-10(14)15/h8,16H,4-7H2,1-3H3,(H,12,13)(H,14,15). The van der Waals surface area contributed by atoms with E-state index in [2.05, 4.69) is 5.32 Å². The van der Waals surface area contributed by atoms with Gasteiger partial charge in [-0.3, -0.25) is 9.59 Å². The highest BCUT2D eigenvalue weighted by atomic mass is 16.5. The Balaban J connectivity index is 3.86. The number of aliphatic hydroxyl groups is 1. The zero-order chi connectivity index (χ0) is 13.5. The molecule has 0 bridgehead atoms. The molecule has 6 heteroatoms. The van der Waals surface area contributed by atoms with Crippen LogP contribution in [0.5, 0.6) is 0 Å². The monoisotopic (exact) mass is 247 g/mol. The summed E-state index contributed by atoms with van der Waals surface area (Å²) in [6.45, 7) is 3.16. The lowest BCUT2D eigenvalue weighted by atomic mass is 10.0. The van der Waals surface area contributed by atoms with Crippen LogP contribution in [0.2, 0.25) is 0 Å². The molecule has 0 aromatic rings. The van der Waals surface area contributed by atoms with Crippen LogP contribution in [0.1, 0.15) is 33.1 Å². The molecule has 0 radical (unpaired) electrons. The van der Waals surface area contributed by atoms with Crippen LogP contribution in [0.4, 0.5) is 0 Å². The first-order valence-electron chi connectivity index (χ1n) is 5.50. The van der Waals surface area contributed by atoms with Gasteiger partial charge in [-0.15, -0.1) is 0 Å². The predicted molar refractivity (Wildman–Crippen MR) is 61.6 cm³/mol. The summed E-state index contributed by atoms with van der Waals surface area (Å²) in [7, 11) is 1.57. The van der Waals surface area contributed by atoms with E-state index in [0.717, 1.165) is 0 Å². The Kier molecular flexibility index (Phi) is 6.75. The van der Waals surface area contributed by atoms with Gasteiger partial charge >= 0.3 is 5.97 Å². The van der Waals surface area contributed by atoms with E-state index in [9.17, 15) is 14.7 Å². The van der Waals surface area contributed by atoms with Crippen LogP contribution in [0.3, 0.4) is 0 Å².